The molecule has 6 fully saturated rings. The van der Waals surface area contributed by atoms with E-state index in [1.807, 2.05) is 0 Å². The van der Waals surface area contributed by atoms with Crippen molar-refractivity contribution in [2.45, 2.75) is 274 Å². The van der Waals surface area contributed by atoms with Gasteiger partial charge < -0.3 is 14.9 Å². The van der Waals surface area contributed by atoms with E-state index >= 15 is 0 Å². The van der Waals surface area contributed by atoms with Gasteiger partial charge in [0.25, 0.3) is 0 Å². The van der Waals surface area contributed by atoms with Crippen LogP contribution in [0.15, 0.2) is 23.3 Å². The fraction of sp³-hybridized carbons (Fsp3) is 0.939. The van der Waals surface area contributed by atoms with Gasteiger partial charge in [0.2, 0.25) is 0 Å². The molecule has 0 aromatic rings. The predicted octanol–water partition coefficient (Wildman–Crippen LogP) is 18.2. The Bertz CT molecular complexity index is 1560. The second-order valence-corrected chi connectivity index (χ2v) is 29.0. The van der Waals surface area contributed by atoms with Crippen LogP contribution in [0.25, 0.3) is 0 Å². The average molecular weight is 956 g/mol. The molecule has 0 spiro atoms. The lowest BCUT2D eigenvalue weighted by Crippen LogP contribution is -2.51. The van der Waals surface area contributed by atoms with Crippen LogP contribution in [0.1, 0.15) is 262 Å². The monoisotopic (exact) mass is 955 g/mol. The van der Waals surface area contributed by atoms with Crippen molar-refractivity contribution in [3.63, 3.8) is 0 Å². The van der Waals surface area contributed by atoms with E-state index in [1.54, 1.807) is 11.1 Å². The largest absolute Gasteiger partial charge is 0.393 e. The first-order valence-electron chi connectivity index (χ1n) is 31.3. The molecule has 0 aromatic carbocycles. The van der Waals surface area contributed by atoms with Gasteiger partial charge >= 0.3 is 0 Å². The summed E-state index contributed by atoms with van der Waals surface area (Å²) in [6.07, 6.45) is 44.0. The van der Waals surface area contributed by atoms with Gasteiger partial charge in [-0.1, -0.05) is 157 Å². The fourth-order valence-corrected chi connectivity index (χ4v) is 20.1. The van der Waals surface area contributed by atoms with Crippen molar-refractivity contribution in [3.8, 4) is 0 Å². The molecule has 3 heteroatoms. The van der Waals surface area contributed by atoms with E-state index in [-0.39, 0.29) is 12.2 Å². The molecule has 8 rings (SSSR count). The number of aliphatic hydroxyl groups is 2. The van der Waals surface area contributed by atoms with E-state index in [0.717, 1.165) is 148 Å². The van der Waals surface area contributed by atoms with Gasteiger partial charge in [0.05, 0.1) is 12.2 Å². The van der Waals surface area contributed by atoms with Crippen molar-refractivity contribution in [2.24, 2.45) is 105 Å². The van der Waals surface area contributed by atoms with Crippen molar-refractivity contribution < 1.29 is 14.9 Å². The van der Waals surface area contributed by atoms with Gasteiger partial charge in [-0.05, 0) is 233 Å². The van der Waals surface area contributed by atoms with Crippen LogP contribution >= 0.6 is 0 Å². The molecule has 0 aromatic heterocycles. The molecular formula is C66H114O3. The molecule has 8 aliphatic rings. The number of aliphatic hydroxyl groups excluding tert-OH is 2. The Morgan fingerprint density at radius 1 is 0.464 bits per heavy atom. The number of fused-ring (bicyclic) bond motifs is 10. The van der Waals surface area contributed by atoms with Crippen LogP contribution in [0.4, 0.5) is 0 Å². The van der Waals surface area contributed by atoms with Crippen LogP contribution in [-0.2, 0) is 4.74 Å². The Labute approximate surface area is 428 Å². The molecular weight excluding hydrogens is 841 g/mol. The molecule has 3 nitrogen and oxygen atoms in total. The van der Waals surface area contributed by atoms with E-state index < -0.39 is 0 Å². The Hall–Kier alpha value is -0.640. The van der Waals surface area contributed by atoms with E-state index in [1.165, 1.54) is 128 Å². The zero-order valence-corrected chi connectivity index (χ0v) is 47.3. The van der Waals surface area contributed by atoms with Crippen molar-refractivity contribution in [3.05, 3.63) is 23.3 Å². The van der Waals surface area contributed by atoms with Crippen LogP contribution in [-0.4, -0.2) is 35.6 Å². The minimum atomic E-state index is -0.150. The lowest BCUT2D eigenvalue weighted by atomic mass is 9.46. The first kappa shape index (κ1) is 54.6. The summed E-state index contributed by atoms with van der Waals surface area (Å²) in [4.78, 5) is 0. The number of rotatable bonds is 24. The first-order chi connectivity index (χ1) is 33.0. The predicted molar refractivity (Wildman–Crippen MR) is 293 cm³/mol. The number of unbranched alkanes of at least 4 members (excludes halogenated alkanes) is 4. The lowest BCUT2D eigenvalue weighted by molar-refractivity contribution is -0.0575. The smallest absolute Gasteiger partial charge is 0.0571 e. The van der Waals surface area contributed by atoms with Crippen LogP contribution in [0.2, 0.25) is 0 Å². The Morgan fingerprint density at radius 2 is 0.884 bits per heavy atom. The van der Waals surface area contributed by atoms with Crippen LogP contribution in [0, 0.1) is 105 Å². The minimum absolute atomic E-state index is 0.150. The third kappa shape index (κ3) is 11.6. The van der Waals surface area contributed by atoms with Gasteiger partial charge in [0.1, 0.15) is 0 Å². The summed E-state index contributed by atoms with van der Waals surface area (Å²) in [6.45, 7) is 27.2. The molecule has 18 atom stereocenters. The molecule has 0 aliphatic heterocycles. The van der Waals surface area contributed by atoms with Crippen molar-refractivity contribution in [1.29, 1.82) is 0 Å². The van der Waals surface area contributed by atoms with Gasteiger partial charge in [0.15, 0.2) is 0 Å². The van der Waals surface area contributed by atoms with E-state index in [0.29, 0.717) is 33.5 Å². The third-order valence-corrected chi connectivity index (χ3v) is 24.4. The summed E-state index contributed by atoms with van der Waals surface area (Å²) >= 11 is 0. The molecule has 396 valence electrons. The Morgan fingerprint density at radius 3 is 1.29 bits per heavy atom. The first-order valence-corrected chi connectivity index (χ1v) is 31.3. The molecule has 0 saturated heterocycles. The molecule has 0 bridgehead atoms. The third-order valence-electron chi connectivity index (χ3n) is 24.4. The maximum absolute atomic E-state index is 11.5. The minimum Gasteiger partial charge on any atom is -0.393 e. The molecule has 2 N–H and O–H groups in total. The Kier molecular flexibility index (Phi) is 18.6. The molecule has 69 heavy (non-hydrogen) atoms. The summed E-state index contributed by atoms with van der Waals surface area (Å²) in [6, 6.07) is 0. The molecule has 2 unspecified atom stereocenters. The van der Waals surface area contributed by atoms with Gasteiger partial charge in [-0.2, -0.15) is 0 Å². The molecule has 0 heterocycles. The zero-order chi connectivity index (χ0) is 49.1. The highest BCUT2D eigenvalue weighted by Gasteiger charge is 2.61. The van der Waals surface area contributed by atoms with E-state index in [9.17, 15) is 10.2 Å². The second-order valence-electron chi connectivity index (χ2n) is 29.0. The molecule has 6 saturated carbocycles. The highest BCUT2D eigenvalue weighted by Crippen LogP contribution is 2.69. The Balaban J connectivity index is 0.675. The maximum atomic E-state index is 11.5. The van der Waals surface area contributed by atoms with Gasteiger partial charge in [-0.15, -0.1) is 0 Å². The normalized spacial score (nSPS) is 41.2. The standard InChI is InChI=1S/C66H114O3/c1-45(2)19-17-21-47(5)55-29-31-57-53-27-25-51-43-49(33-37-63(51,7)59(53)35-39-65(55,57)9)61(67)23-13-11-15-41-69-42-16-12-14-24-62(68)50-34-38-64(8)52(44-50)26-28-54-58-32-30-56(48(6)22-18-20-46(3)4)66(58,10)40-36-60(54)64/h25-26,45-50,53-62,67-68H,11-24,27-44H2,1-10H3/t47-,48-,49+,50+,53+,54+,55-,56-,57+,58+,59+,60+,61?,62?,63+,64+,65-,66-/m1/s1. The van der Waals surface area contributed by atoms with Crippen LogP contribution in [0.5, 0.6) is 0 Å². The van der Waals surface area contributed by atoms with E-state index in [4.69, 9.17) is 4.74 Å². The van der Waals surface area contributed by atoms with Crippen molar-refractivity contribution in [1.82, 2.24) is 0 Å². The lowest BCUT2D eigenvalue weighted by Gasteiger charge is -2.59. The summed E-state index contributed by atoms with van der Waals surface area (Å²) in [7, 11) is 0. The van der Waals surface area contributed by atoms with Crippen LogP contribution < -0.4 is 0 Å². The van der Waals surface area contributed by atoms with Crippen molar-refractivity contribution in [2.75, 3.05) is 13.2 Å². The van der Waals surface area contributed by atoms with E-state index in [2.05, 4.69) is 81.4 Å². The van der Waals surface area contributed by atoms with Gasteiger partial charge in [-0.3, -0.25) is 0 Å². The average Bonchev–Trinajstić information content (AvgIpc) is 3.86. The SMILES string of the molecule is CC(C)CCC[C@@H](C)[C@H]1CC[C@H]2[C@@H]3CC=C4C[C@@H](C(O)CCCCCOCCCCCC(O)[C@H]5CC[C@@]6(C)C(=CC[C@H]7[C@@H]8CC[C@H]([C@H](C)CCCC(C)C)[C@@]8(C)CC[C@@H]76)C5)CC[C@]4(C)[C@H]3CC[C@]12C. The summed E-state index contributed by atoms with van der Waals surface area (Å²) in [5, 5.41) is 22.9. The number of hydrogen-bond acceptors (Lipinski definition) is 3. The maximum Gasteiger partial charge on any atom is 0.0571 e. The van der Waals surface area contributed by atoms with Gasteiger partial charge in [-0.25, -0.2) is 0 Å². The molecule has 0 radical (unpaired) electrons. The second kappa shape index (κ2) is 23.5. The summed E-state index contributed by atoms with van der Waals surface area (Å²) in [5.74, 6) is 11.6. The number of allylic oxidation sites excluding steroid dienone is 4. The number of hydrogen-bond donors (Lipinski definition) is 2. The summed E-state index contributed by atoms with van der Waals surface area (Å²) < 4.78 is 6.11. The molecule has 8 aliphatic carbocycles. The topological polar surface area (TPSA) is 49.7 Å². The van der Waals surface area contributed by atoms with Crippen molar-refractivity contribution >= 4 is 0 Å². The fourth-order valence-electron chi connectivity index (χ4n) is 20.1. The van der Waals surface area contributed by atoms with Gasteiger partial charge in [0, 0.05) is 13.2 Å². The summed E-state index contributed by atoms with van der Waals surface area (Å²) in [5.41, 5.74) is 5.33. The quantitative estimate of drug-likeness (QED) is 0.0749. The molecule has 0 amide bonds. The highest BCUT2D eigenvalue weighted by molar-refractivity contribution is 5.27. The highest BCUT2D eigenvalue weighted by atomic mass is 16.5. The van der Waals surface area contributed by atoms with Crippen LogP contribution in [0.3, 0.4) is 0 Å². The number of ether oxygens (including phenoxy) is 1. The zero-order valence-electron chi connectivity index (χ0n) is 47.3.